The average molecular weight is 348 g/mol. The Kier molecular flexibility index (Phi) is 4.62. The molecule has 2 nitrogen and oxygen atoms in total. The van der Waals surface area contributed by atoms with E-state index in [0.29, 0.717) is 0 Å². The van der Waals surface area contributed by atoms with E-state index in [1.807, 2.05) is 6.07 Å². The van der Waals surface area contributed by atoms with Gasteiger partial charge in [0.2, 0.25) is 0 Å². The third kappa shape index (κ3) is 3.81. The van der Waals surface area contributed by atoms with Gasteiger partial charge in [-0.1, -0.05) is 0 Å². The summed E-state index contributed by atoms with van der Waals surface area (Å²) >= 11 is 2.17. The largest absolute Gasteiger partial charge is 0.384 e. The minimum Gasteiger partial charge on any atom is -0.384 e. The fourth-order valence-electron chi connectivity index (χ4n) is 2.15. The lowest BCUT2D eigenvalue weighted by Gasteiger charge is -2.29. The number of likely N-dealkylation sites (tertiary alicyclic amines) is 1. The van der Waals surface area contributed by atoms with Crippen molar-refractivity contribution in [3.05, 3.63) is 27.6 Å². The number of hydrogen-bond acceptors (Lipinski definition) is 2. The molecule has 0 aliphatic carbocycles. The number of nitrogens with one attached hydrogen (secondary N) is 1. The smallest absolute Gasteiger partial charge is 0.124 e. The summed E-state index contributed by atoms with van der Waals surface area (Å²) in [7, 11) is 2.17. The molecule has 0 bridgehead atoms. The summed E-state index contributed by atoms with van der Waals surface area (Å²) in [5.41, 5.74) is 1.05. The molecule has 1 N–H and O–H groups in total. The van der Waals surface area contributed by atoms with Crippen LogP contribution in [-0.4, -0.2) is 31.6 Å². The van der Waals surface area contributed by atoms with E-state index < -0.39 is 0 Å². The Bertz CT molecular complexity index is 376. The number of rotatable bonds is 3. The third-order valence-electron chi connectivity index (χ3n) is 3.35. The lowest BCUT2D eigenvalue weighted by Crippen LogP contribution is -2.33. The van der Waals surface area contributed by atoms with Gasteiger partial charge in [0.1, 0.15) is 5.82 Å². The van der Waals surface area contributed by atoms with Gasteiger partial charge in [-0.2, -0.15) is 0 Å². The van der Waals surface area contributed by atoms with E-state index in [-0.39, 0.29) is 5.82 Å². The van der Waals surface area contributed by atoms with E-state index in [0.717, 1.165) is 21.7 Å². The number of nitrogens with zero attached hydrogens (tertiary/aromatic N) is 1. The molecule has 0 amide bonds. The molecule has 94 valence electrons. The van der Waals surface area contributed by atoms with Crippen molar-refractivity contribution in [2.45, 2.75) is 12.8 Å². The van der Waals surface area contributed by atoms with Gasteiger partial charge in [-0.05, 0) is 79.7 Å². The highest BCUT2D eigenvalue weighted by Crippen LogP contribution is 2.21. The Morgan fingerprint density at radius 2 is 2.12 bits per heavy atom. The van der Waals surface area contributed by atoms with Crippen LogP contribution in [0.15, 0.2) is 18.2 Å². The van der Waals surface area contributed by atoms with Crippen LogP contribution in [0.1, 0.15) is 12.8 Å². The molecule has 0 spiro atoms. The molecule has 2 rings (SSSR count). The zero-order valence-electron chi connectivity index (χ0n) is 10.0. The molecule has 1 aliphatic rings. The maximum Gasteiger partial charge on any atom is 0.124 e. The van der Waals surface area contributed by atoms with E-state index in [1.54, 1.807) is 6.07 Å². The molecular formula is C13H18FIN2. The summed E-state index contributed by atoms with van der Waals surface area (Å²) in [4.78, 5) is 2.37. The predicted molar refractivity (Wildman–Crippen MR) is 77.8 cm³/mol. The summed E-state index contributed by atoms with van der Waals surface area (Å²) in [6, 6.07) is 4.91. The van der Waals surface area contributed by atoms with E-state index in [2.05, 4.69) is 39.9 Å². The predicted octanol–water partition coefficient (Wildman–Crippen LogP) is 3.18. The quantitative estimate of drug-likeness (QED) is 0.844. The second-order valence-electron chi connectivity index (χ2n) is 4.75. The highest BCUT2D eigenvalue weighted by atomic mass is 127. The maximum absolute atomic E-state index is 12.9. The van der Waals surface area contributed by atoms with Crippen LogP contribution >= 0.6 is 22.6 Å². The van der Waals surface area contributed by atoms with Crippen LogP contribution in [0.25, 0.3) is 0 Å². The second-order valence-corrected chi connectivity index (χ2v) is 5.91. The molecule has 1 aliphatic heterocycles. The Labute approximate surface area is 116 Å². The summed E-state index contributed by atoms with van der Waals surface area (Å²) in [6.07, 6.45) is 2.50. The van der Waals surface area contributed by atoms with Crippen molar-refractivity contribution in [3.63, 3.8) is 0 Å². The summed E-state index contributed by atoms with van der Waals surface area (Å²) in [5, 5.41) is 3.43. The van der Waals surface area contributed by atoms with Crippen LogP contribution in [-0.2, 0) is 0 Å². The fourth-order valence-corrected chi connectivity index (χ4v) is 2.82. The van der Waals surface area contributed by atoms with Gasteiger partial charge in [0.15, 0.2) is 0 Å². The number of halogens is 2. The molecule has 0 unspecified atom stereocenters. The molecule has 17 heavy (non-hydrogen) atoms. The first-order valence-corrected chi connectivity index (χ1v) is 7.10. The second kappa shape index (κ2) is 6.00. The number of hydrogen-bond donors (Lipinski definition) is 1. The van der Waals surface area contributed by atoms with Crippen molar-refractivity contribution < 1.29 is 4.39 Å². The molecule has 1 heterocycles. The van der Waals surface area contributed by atoms with E-state index in [9.17, 15) is 4.39 Å². The monoisotopic (exact) mass is 348 g/mol. The molecule has 0 aromatic heterocycles. The van der Waals surface area contributed by atoms with Crippen LogP contribution in [0.2, 0.25) is 0 Å². The lowest BCUT2D eigenvalue weighted by molar-refractivity contribution is 0.226. The van der Waals surface area contributed by atoms with Gasteiger partial charge in [0, 0.05) is 15.8 Å². The van der Waals surface area contributed by atoms with Gasteiger partial charge in [-0.3, -0.25) is 0 Å². The standard InChI is InChI=1S/C13H18FIN2/c1-17-6-4-10(5-7-17)9-16-13-3-2-11(14)8-12(13)15/h2-3,8,10,16H,4-7,9H2,1H3. The molecule has 4 heteroatoms. The van der Waals surface area contributed by atoms with Crippen molar-refractivity contribution >= 4 is 28.3 Å². The van der Waals surface area contributed by atoms with Gasteiger partial charge in [-0.25, -0.2) is 4.39 Å². The Morgan fingerprint density at radius 3 is 2.76 bits per heavy atom. The fraction of sp³-hybridized carbons (Fsp3) is 0.538. The zero-order valence-corrected chi connectivity index (χ0v) is 12.2. The molecular weight excluding hydrogens is 330 g/mol. The van der Waals surface area contributed by atoms with Gasteiger partial charge in [0.25, 0.3) is 0 Å². The van der Waals surface area contributed by atoms with Gasteiger partial charge < -0.3 is 10.2 Å². The first kappa shape index (κ1) is 13.1. The summed E-state index contributed by atoms with van der Waals surface area (Å²) in [5.74, 6) is 0.575. The first-order valence-electron chi connectivity index (χ1n) is 6.02. The van der Waals surface area contributed by atoms with E-state index in [4.69, 9.17) is 0 Å². The topological polar surface area (TPSA) is 15.3 Å². The molecule has 1 aromatic carbocycles. The van der Waals surface area contributed by atoms with Crippen LogP contribution in [0.3, 0.4) is 0 Å². The van der Waals surface area contributed by atoms with Gasteiger partial charge in [-0.15, -0.1) is 0 Å². The van der Waals surface area contributed by atoms with Crippen LogP contribution in [0, 0.1) is 15.3 Å². The van der Waals surface area contributed by atoms with Crippen molar-refractivity contribution in [1.82, 2.24) is 4.90 Å². The van der Waals surface area contributed by atoms with E-state index >= 15 is 0 Å². The molecule has 0 radical (unpaired) electrons. The SMILES string of the molecule is CN1CCC(CNc2ccc(F)cc2I)CC1. The minimum atomic E-state index is -0.167. The van der Waals surface area contributed by atoms with Crippen LogP contribution < -0.4 is 5.32 Å². The number of benzene rings is 1. The summed E-state index contributed by atoms with van der Waals surface area (Å²) in [6.45, 7) is 3.37. The molecule has 1 saturated heterocycles. The molecule has 1 fully saturated rings. The number of anilines is 1. The number of piperidine rings is 1. The highest BCUT2D eigenvalue weighted by Gasteiger charge is 2.16. The molecule has 0 saturated carbocycles. The van der Waals surface area contributed by atoms with Crippen molar-refractivity contribution in [3.8, 4) is 0 Å². The van der Waals surface area contributed by atoms with Crippen LogP contribution in [0.4, 0.5) is 10.1 Å². The maximum atomic E-state index is 12.9. The summed E-state index contributed by atoms with van der Waals surface area (Å²) < 4.78 is 13.9. The normalized spacial score (nSPS) is 18.3. The van der Waals surface area contributed by atoms with Crippen molar-refractivity contribution in [1.29, 1.82) is 0 Å². The highest BCUT2D eigenvalue weighted by molar-refractivity contribution is 14.1. The third-order valence-corrected chi connectivity index (χ3v) is 4.24. The Morgan fingerprint density at radius 1 is 1.41 bits per heavy atom. The van der Waals surface area contributed by atoms with E-state index in [1.165, 1.54) is 32.0 Å². The van der Waals surface area contributed by atoms with Crippen molar-refractivity contribution in [2.24, 2.45) is 5.92 Å². The zero-order chi connectivity index (χ0) is 12.3. The van der Waals surface area contributed by atoms with Gasteiger partial charge in [0.05, 0.1) is 0 Å². The lowest BCUT2D eigenvalue weighted by atomic mass is 9.97. The van der Waals surface area contributed by atoms with Crippen molar-refractivity contribution in [2.75, 3.05) is 32.0 Å². The Balaban J connectivity index is 1.85. The molecule has 1 aromatic rings. The first-order chi connectivity index (χ1) is 8.15. The minimum absolute atomic E-state index is 0.167. The van der Waals surface area contributed by atoms with Crippen LogP contribution in [0.5, 0.6) is 0 Å². The molecule has 0 atom stereocenters. The van der Waals surface area contributed by atoms with Gasteiger partial charge >= 0.3 is 0 Å². The average Bonchev–Trinajstić information content (AvgIpc) is 2.30. The Hall–Kier alpha value is -0.360.